The van der Waals surface area contributed by atoms with Gasteiger partial charge in [-0.1, -0.05) is 0 Å². The van der Waals surface area contributed by atoms with E-state index in [0.717, 1.165) is 0 Å². The first-order chi connectivity index (χ1) is 7.13. The van der Waals surface area contributed by atoms with Crippen molar-refractivity contribution in [1.82, 2.24) is 15.0 Å². The van der Waals surface area contributed by atoms with Crippen LogP contribution in [0.2, 0.25) is 0 Å². The van der Waals surface area contributed by atoms with E-state index in [1.165, 1.54) is 16.9 Å². The molecule has 0 saturated heterocycles. The van der Waals surface area contributed by atoms with Gasteiger partial charge < -0.3 is 5.11 Å². The molecule has 0 saturated carbocycles. The fraction of sp³-hybridized carbons (Fsp3) is 0.111. The van der Waals surface area contributed by atoms with Crippen LogP contribution >= 0.6 is 0 Å². The number of fused-ring (bicyclic) bond motifs is 1. The molecule has 0 spiro atoms. The molecule has 0 bridgehead atoms. The molecular weight excluding hydrogens is 198 g/mol. The Kier molecular flexibility index (Phi) is 1.96. The maximum Gasteiger partial charge on any atom is 0.338 e. The Morgan fingerprint density at radius 1 is 1.40 bits per heavy atom. The molecule has 2 aromatic rings. The number of carboxylic acids is 1. The van der Waals surface area contributed by atoms with Gasteiger partial charge in [0.1, 0.15) is 11.0 Å². The number of hydrogen-bond donors (Lipinski definition) is 1. The molecule has 6 nitrogen and oxygen atoms in total. The van der Waals surface area contributed by atoms with Crippen LogP contribution in [0, 0.1) is 0 Å². The standard InChI is InChI=1S/C9H7N3O3/c1-12-10-7-5(4-13)2-3-6(9(14)15)8(7)11-12/h2-4H,1H3,(H,14,15). The Morgan fingerprint density at radius 3 is 2.67 bits per heavy atom. The molecule has 0 aliphatic carbocycles. The van der Waals surface area contributed by atoms with Crippen molar-refractivity contribution in [1.29, 1.82) is 0 Å². The number of nitrogens with zero attached hydrogens (tertiary/aromatic N) is 3. The average molecular weight is 205 g/mol. The van der Waals surface area contributed by atoms with Crippen molar-refractivity contribution in [3.63, 3.8) is 0 Å². The number of rotatable bonds is 2. The molecule has 1 heterocycles. The van der Waals surface area contributed by atoms with E-state index in [1.54, 1.807) is 7.05 Å². The van der Waals surface area contributed by atoms with E-state index in [1.807, 2.05) is 0 Å². The Morgan fingerprint density at radius 2 is 2.07 bits per heavy atom. The van der Waals surface area contributed by atoms with E-state index in [0.29, 0.717) is 17.4 Å². The maximum atomic E-state index is 10.9. The SMILES string of the molecule is Cn1nc2c(C=O)ccc(C(=O)O)c2n1. The fourth-order valence-corrected chi connectivity index (χ4v) is 1.38. The number of benzene rings is 1. The normalized spacial score (nSPS) is 10.5. The minimum absolute atomic E-state index is 0.0451. The maximum absolute atomic E-state index is 10.9. The topological polar surface area (TPSA) is 85.1 Å². The zero-order valence-corrected chi connectivity index (χ0v) is 7.84. The molecule has 2 rings (SSSR count). The number of carbonyl (C=O) groups excluding carboxylic acids is 1. The summed E-state index contributed by atoms with van der Waals surface area (Å²) >= 11 is 0. The van der Waals surface area contributed by atoms with Gasteiger partial charge in [0.2, 0.25) is 0 Å². The van der Waals surface area contributed by atoms with Crippen LogP contribution < -0.4 is 0 Å². The first-order valence-electron chi connectivity index (χ1n) is 4.16. The lowest BCUT2D eigenvalue weighted by Gasteiger charge is -1.95. The summed E-state index contributed by atoms with van der Waals surface area (Å²) in [6, 6.07) is 2.77. The predicted octanol–water partition coefficient (Wildman–Crippen LogP) is 0.479. The van der Waals surface area contributed by atoms with Crippen molar-refractivity contribution < 1.29 is 14.7 Å². The molecule has 0 unspecified atom stereocenters. The zero-order valence-electron chi connectivity index (χ0n) is 7.84. The smallest absolute Gasteiger partial charge is 0.338 e. The molecule has 0 atom stereocenters. The Hall–Kier alpha value is -2.24. The summed E-state index contributed by atoms with van der Waals surface area (Å²) < 4.78 is 0. The third-order valence-corrected chi connectivity index (χ3v) is 2.03. The van der Waals surface area contributed by atoms with Gasteiger partial charge in [-0.25, -0.2) is 4.79 Å². The molecule has 0 aliphatic heterocycles. The van der Waals surface area contributed by atoms with Crippen molar-refractivity contribution in [2.24, 2.45) is 7.05 Å². The Labute approximate surface area is 84.1 Å². The molecule has 6 heteroatoms. The number of hydrogen-bond acceptors (Lipinski definition) is 4. The van der Waals surface area contributed by atoms with Crippen molar-refractivity contribution in [2.45, 2.75) is 0 Å². The van der Waals surface area contributed by atoms with Gasteiger partial charge in [0.15, 0.2) is 6.29 Å². The third kappa shape index (κ3) is 1.35. The van der Waals surface area contributed by atoms with Crippen LogP contribution in [0.5, 0.6) is 0 Å². The van der Waals surface area contributed by atoms with Crippen LogP contribution in [0.4, 0.5) is 0 Å². The first-order valence-corrected chi connectivity index (χ1v) is 4.16. The lowest BCUT2D eigenvalue weighted by Crippen LogP contribution is -1.99. The molecule has 0 fully saturated rings. The number of aromatic carboxylic acids is 1. The highest BCUT2D eigenvalue weighted by Crippen LogP contribution is 2.17. The Balaban J connectivity index is 2.88. The molecule has 1 aromatic heterocycles. The predicted molar refractivity (Wildman–Crippen MR) is 50.9 cm³/mol. The third-order valence-electron chi connectivity index (χ3n) is 2.03. The molecule has 15 heavy (non-hydrogen) atoms. The van der Waals surface area contributed by atoms with Gasteiger partial charge in [-0.3, -0.25) is 4.79 Å². The lowest BCUT2D eigenvalue weighted by atomic mass is 10.1. The van der Waals surface area contributed by atoms with E-state index in [-0.39, 0.29) is 11.1 Å². The molecule has 0 amide bonds. The van der Waals surface area contributed by atoms with Crippen molar-refractivity contribution >= 4 is 23.3 Å². The van der Waals surface area contributed by atoms with E-state index in [2.05, 4.69) is 10.2 Å². The largest absolute Gasteiger partial charge is 0.478 e. The first kappa shape index (κ1) is 9.32. The van der Waals surface area contributed by atoms with Crippen LogP contribution in [0.25, 0.3) is 11.0 Å². The van der Waals surface area contributed by atoms with Crippen molar-refractivity contribution in [3.05, 3.63) is 23.3 Å². The van der Waals surface area contributed by atoms with Gasteiger partial charge in [-0.05, 0) is 12.1 Å². The van der Waals surface area contributed by atoms with Gasteiger partial charge in [0, 0.05) is 12.6 Å². The molecule has 1 N–H and O–H groups in total. The minimum atomic E-state index is -1.09. The van der Waals surface area contributed by atoms with Crippen LogP contribution in [0.1, 0.15) is 20.7 Å². The summed E-state index contributed by atoms with van der Waals surface area (Å²) in [5, 5.41) is 16.7. The number of aldehydes is 1. The average Bonchev–Trinajstić information content (AvgIpc) is 2.56. The van der Waals surface area contributed by atoms with E-state index in [4.69, 9.17) is 5.11 Å². The molecular formula is C9H7N3O3. The number of carbonyl (C=O) groups is 2. The van der Waals surface area contributed by atoms with Crippen LogP contribution in [0.15, 0.2) is 12.1 Å². The number of aromatic nitrogens is 3. The second kappa shape index (κ2) is 3.16. The highest BCUT2D eigenvalue weighted by Gasteiger charge is 2.15. The van der Waals surface area contributed by atoms with Gasteiger partial charge >= 0.3 is 5.97 Å². The van der Waals surface area contributed by atoms with Crippen LogP contribution in [0.3, 0.4) is 0 Å². The summed E-state index contributed by atoms with van der Waals surface area (Å²) in [7, 11) is 1.57. The monoisotopic (exact) mass is 205 g/mol. The van der Waals surface area contributed by atoms with Gasteiger partial charge in [-0.2, -0.15) is 15.0 Å². The highest BCUT2D eigenvalue weighted by molar-refractivity contribution is 6.05. The molecule has 76 valence electrons. The van der Waals surface area contributed by atoms with Gasteiger partial charge in [-0.15, -0.1) is 0 Å². The zero-order chi connectivity index (χ0) is 11.0. The quantitative estimate of drug-likeness (QED) is 0.720. The molecule has 0 aliphatic rings. The summed E-state index contributed by atoms with van der Waals surface area (Å²) in [4.78, 5) is 22.8. The second-order valence-electron chi connectivity index (χ2n) is 3.01. The van der Waals surface area contributed by atoms with Gasteiger partial charge in [0.05, 0.1) is 5.56 Å². The Bertz CT molecular complexity index is 559. The van der Waals surface area contributed by atoms with Crippen molar-refractivity contribution in [2.75, 3.05) is 0 Å². The minimum Gasteiger partial charge on any atom is -0.478 e. The highest BCUT2D eigenvalue weighted by atomic mass is 16.4. The van der Waals surface area contributed by atoms with Crippen LogP contribution in [-0.4, -0.2) is 32.4 Å². The molecule has 0 radical (unpaired) electrons. The molecule has 1 aromatic carbocycles. The fourth-order valence-electron chi connectivity index (χ4n) is 1.38. The lowest BCUT2D eigenvalue weighted by molar-refractivity contribution is 0.0698. The van der Waals surface area contributed by atoms with Gasteiger partial charge in [0.25, 0.3) is 0 Å². The second-order valence-corrected chi connectivity index (χ2v) is 3.01. The summed E-state index contributed by atoms with van der Waals surface area (Å²) in [5.74, 6) is -1.09. The van der Waals surface area contributed by atoms with E-state index >= 15 is 0 Å². The number of carboxylic acid groups (broad SMARTS) is 1. The summed E-state index contributed by atoms with van der Waals surface area (Å²) in [5.41, 5.74) is 0.925. The van der Waals surface area contributed by atoms with E-state index in [9.17, 15) is 9.59 Å². The summed E-state index contributed by atoms with van der Waals surface area (Å²) in [6.45, 7) is 0. The summed E-state index contributed by atoms with van der Waals surface area (Å²) in [6.07, 6.45) is 0.628. The number of aryl methyl sites for hydroxylation is 1. The van der Waals surface area contributed by atoms with E-state index < -0.39 is 5.97 Å². The van der Waals surface area contributed by atoms with Crippen molar-refractivity contribution in [3.8, 4) is 0 Å². The van der Waals surface area contributed by atoms with Crippen LogP contribution in [-0.2, 0) is 7.05 Å².